The topological polar surface area (TPSA) is 38.3 Å². The molecule has 0 aliphatic rings. The molecule has 0 unspecified atom stereocenters. The molecule has 4 heteroatoms. The Balaban J connectivity index is 0.00000220. The molecule has 3 nitrogen and oxygen atoms in total. The van der Waals surface area contributed by atoms with E-state index in [1.165, 1.54) is 7.11 Å². The first-order chi connectivity index (χ1) is 9.79. The maximum atomic E-state index is 11.9. The summed E-state index contributed by atoms with van der Waals surface area (Å²) in [6.07, 6.45) is 0.625. The fourth-order valence-corrected chi connectivity index (χ4v) is 2.07. The standard InChI is InChI=1S/C17H19NO2.ClH/c1-20-17(19)16(12-14-8-4-2-5-9-14)18-13-15-10-6-3-7-11-15;/h2-11,16,18H,12-13H2,1H3;1H/t16-;/m0./s1. The van der Waals surface area contributed by atoms with E-state index in [-0.39, 0.29) is 24.4 Å². The first-order valence-electron chi connectivity index (χ1n) is 6.68. The Morgan fingerprint density at radius 1 is 1.00 bits per heavy atom. The highest BCUT2D eigenvalue weighted by molar-refractivity contribution is 5.85. The Morgan fingerprint density at radius 2 is 1.52 bits per heavy atom. The molecule has 0 spiro atoms. The predicted octanol–water partition coefficient (Wildman–Crippen LogP) is 2.98. The number of benzene rings is 2. The Bertz CT molecular complexity index is 531. The van der Waals surface area contributed by atoms with E-state index in [4.69, 9.17) is 4.74 Å². The van der Waals surface area contributed by atoms with Gasteiger partial charge in [-0.15, -0.1) is 12.4 Å². The van der Waals surface area contributed by atoms with E-state index >= 15 is 0 Å². The Labute approximate surface area is 131 Å². The summed E-state index contributed by atoms with van der Waals surface area (Å²) in [6, 6.07) is 19.6. The third kappa shape index (κ3) is 5.58. The van der Waals surface area contributed by atoms with Crippen LogP contribution in [0.15, 0.2) is 60.7 Å². The highest BCUT2D eigenvalue weighted by Gasteiger charge is 2.18. The van der Waals surface area contributed by atoms with Crippen LogP contribution in [0.3, 0.4) is 0 Å². The van der Waals surface area contributed by atoms with Crippen LogP contribution in [-0.2, 0) is 22.5 Å². The van der Waals surface area contributed by atoms with Gasteiger partial charge in [-0.05, 0) is 17.5 Å². The van der Waals surface area contributed by atoms with Crippen LogP contribution >= 0.6 is 12.4 Å². The molecule has 0 bridgehead atoms. The molecule has 0 aliphatic heterocycles. The molecule has 0 saturated heterocycles. The number of carbonyl (C=O) groups is 1. The lowest BCUT2D eigenvalue weighted by atomic mass is 10.1. The minimum atomic E-state index is -0.331. The van der Waals surface area contributed by atoms with Gasteiger partial charge in [0.1, 0.15) is 6.04 Å². The van der Waals surface area contributed by atoms with Crippen LogP contribution in [0.1, 0.15) is 11.1 Å². The second kappa shape index (κ2) is 9.16. The molecule has 2 rings (SSSR count). The highest BCUT2D eigenvalue weighted by atomic mass is 35.5. The van der Waals surface area contributed by atoms with Crippen molar-refractivity contribution in [3.8, 4) is 0 Å². The maximum absolute atomic E-state index is 11.9. The molecule has 2 aromatic rings. The van der Waals surface area contributed by atoms with Crippen LogP contribution in [0.25, 0.3) is 0 Å². The molecule has 21 heavy (non-hydrogen) atoms. The number of methoxy groups -OCH3 is 1. The molecule has 1 N–H and O–H groups in total. The lowest BCUT2D eigenvalue weighted by Crippen LogP contribution is -2.39. The molecule has 0 aromatic heterocycles. The zero-order chi connectivity index (χ0) is 14.2. The molecule has 2 aromatic carbocycles. The molecular formula is C17H20ClNO2. The van der Waals surface area contributed by atoms with Gasteiger partial charge in [-0.3, -0.25) is 4.79 Å². The van der Waals surface area contributed by atoms with Crippen LogP contribution in [0.5, 0.6) is 0 Å². The number of nitrogens with one attached hydrogen (secondary N) is 1. The number of ether oxygens (including phenoxy) is 1. The summed E-state index contributed by atoms with van der Waals surface area (Å²) in [5, 5.41) is 3.26. The Hall–Kier alpha value is -1.84. The molecule has 0 aliphatic carbocycles. The molecule has 0 heterocycles. The smallest absolute Gasteiger partial charge is 0.323 e. The van der Waals surface area contributed by atoms with Crippen molar-refractivity contribution in [3.63, 3.8) is 0 Å². The molecule has 0 saturated carbocycles. The zero-order valence-corrected chi connectivity index (χ0v) is 12.8. The van der Waals surface area contributed by atoms with Crippen LogP contribution in [0.2, 0.25) is 0 Å². The van der Waals surface area contributed by atoms with E-state index in [1.54, 1.807) is 0 Å². The van der Waals surface area contributed by atoms with E-state index in [1.807, 2.05) is 60.7 Å². The quantitative estimate of drug-likeness (QED) is 0.834. The van der Waals surface area contributed by atoms with Crippen molar-refractivity contribution < 1.29 is 9.53 Å². The van der Waals surface area contributed by atoms with Gasteiger partial charge >= 0.3 is 5.97 Å². The van der Waals surface area contributed by atoms with Crippen LogP contribution < -0.4 is 5.32 Å². The van der Waals surface area contributed by atoms with Crippen LogP contribution in [0.4, 0.5) is 0 Å². The van der Waals surface area contributed by atoms with Crippen molar-refractivity contribution >= 4 is 18.4 Å². The van der Waals surface area contributed by atoms with Gasteiger partial charge in [0.25, 0.3) is 0 Å². The van der Waals surface area contributed by atoms with Crippen molar-refractivity contribution in [1.29, 1.82) is 0 Å². The average Bonchev–Trinajstić information content (AvgIpc) is 2.52. The van der Waals surface area contributed by atoms with Gasteiger partial charge in [-0.1, -0.05) is 60.7 Å². The molecule has 0 radical (unpaired) electrons. The number of hydrogen-bond acceptors (Lipinski definition) is 3. The fraction of sp³-hybridized carbons (Fsp3) is 0.235. The molecule has 0 fully saturated rings. The summed E-state index contributed by atoms with van der Waals surface area (Å²) in [4.78, 5) is 11.9. The zero-order valence-electron chi connectivity index (χ0n) is 12.0. The van der Waals surface area contributed by atoms with Crippen molar-refractivity contribution in [3.05, 3.63) is 71.8 Å². The number of halogens is 1. The Morgan fingerprint density at radius 3 is 2.05 bits per heavy atom. The second-order valence-electron chi connectivity index (χ2n) is 4.63. The van der Waals surface area contributed by atoms with Gasteiger partial charge in [0.05, 0.1) is 7.11 Å². The predicted molar refractivity (Wildman–Crippen MR) is 86.5 cm³/mol. The van der Waals surface area contributed by atoms with Gasteiger partial charge in [-0.2, -0.15) is 0 Å². The van der Waals surface area contributed by atoms with Gasteiger partial charge in [0, 0.05) is 6.54 Å². The number of esters is 1. The van der Waals surface area contributed by atoms with Crippen molar-refractivity contribution in [2.45, 2.75) is 19.0 Å². The van der Waals surface area contributed by atoms with E-state index in [9.17, 15) is 4.79 Å². The van der Waals surface area contributed by atoms with Gasteiger partial charge < -0.3 is 10.1 Å². The summed E-state index contributed by atoms with van der Waals surface area (Å²) >= 11 is 0. The van der Waals surface area contributed by atoms with Gasteiger partial charge in [0.2, 0.25) is 0 Å². The van der Waals surface area contributed by atoms with Crippen molar-refractivity contribution in [2.24, 2.45) is 0 Å². The third-order valence-corrected chi connectivity index (χ3v) is 3.16. The van der Waals surface area contributed by atoms with Gasteiger partial charge in [0.15, 0.2) is 0 Å². The lowest BCUT2D eigenvalue weighted by Gasteiger charge is -2.16. The first kappa shape index (κ1) is 17.2. The SMILES string of the molecule is COC(=O)[C@H](Cc1ccccc1)NCc1ccccc1.Cl. The average molecular weight is 306 g/mol. The Kier molecular flexibility index (Phi) is 7.51. The lowest BCUT2D eigenvalue weighted by molar-refractivity contribution is -0.143. The van der Waals surface area contributed by atoms with Gasteiger partial charge in [-0.25, -0.2) is 0 Å². The van der Waals surface area contributed by atoms with E-state index < -0.39 is 0 Å². The summed E-state index contributed by atoms with van der Waals surface area (Å²) in [5.74, 6) is -0.232. The first-order valence-corrected chi connectivity index (χ1v) is 6.68. The molecule has 112 valence electrons. The molecular weight excluding hydrogens is 286 g/mol. The molecule has 1 atom stereocenters. The number of carbonyl (C=O) groups excluding carboxylic acids is 1. The monoisotopic (exact) mass is 305 g/mol. The van der Waals surface area contributed by atoms with E-state index in [0.717, 1.165) is 11.1 Å². The summed E-state index contributed by atoms with van der Waals surface area (Å²) < 4.78 is 4.87. The largest absolute Gasteiger partial charge is 0.468 e. The van der Waals surface area contributed by atoms with E-state index in [2.05, 4.69) is 5.32 Å². The summed E-state index contributed by atoms with van der Waals surface area (Å²) in [6.45, 7) is 0.646. The van der Waals surface area contributed by atoms with E-state index in [0.29, 0.717) is 13.0 Å². The maximum Gasteiger partial charge on any atom is 0.323 e. The highest BCUT2D eigenvalue weighted by Crippen LogP contribution is 2.06. The van der Waals surface area contributed by atoms with Crippen molar-refractivity contribution in [1.82, 2.24) is 5.32 Å². The second-order valence-corrected chi connectivity index (χ2v) is 4.63. The fourth-order valence-electron chi connectivity index (χ4n) is 2.07. The van der Waals surface area contributed by atoms with Crippen LogP contribution in [0, 0.1) is 0 Å². The minimum absolute atomic E-state index is 0. The summed E-state index contributed by atoms with van der Waals surface area (Å²) in [7, 11) is 1.42. The third-order valence-electron chi connectivity index (χ3n) is 3.16. The number of hydrogen-bond donors (Lipinski definition) is 1. The summed E-state index contributed by atoms with van der Waals surface area (Å²) in [5.41, 5.74) is 2.26. The van der Waals surface area contributed by atoms with Crippen LogP contribution in [-0.4, -0.2) is 19.1 Å². The normalized spacial score (nSPS) is 11.3. The number of rotatable bonds is 6. The molecule has 0 amide bonds. The minimum Gasteiger partial charge on any atom is -0.468 e. The van der Waals surface area contributed by atoms with Crippen molar-refractivity contribution in [2.75, 3.05) is 7.11 Å².